The van der Waals surface area contributed by atoms with E-state index in [9.17, 15) is 5.11 Å². The number of hydrogen-bond donors (Lipinski definition) is 1. The second kappa shape index (κ2) is 8.10. The SMILES string of the molecule is CCCC(O)CO[Si](c1ccccc1)(c1ccccc1)C(C)(C)C. The molecule has 0 heterocycles. The Morgan fingerprint density at radius 1 is 0.917 bits per heavy atom. The van der Waals surface area contributed by atoms with Crippen molar-refractivity contribution in [3.63, 3.8) is 0 Å². The average molecular weight is 343 g/mol. The zero-order chi connectivity index (χ0) is 17.6. The Kier molecular flexibility index (Phi) is 6.38. The summed E-state index contributed by atoms with van der Waals surface area (Å²) in [5, 5.41) is 12.7. The van der Waals surface area contributed by atoms with Crippen LogP contribution in [0.25, 0.3) is 0 Å². The highest BCUT2D eigenvalue weighted by atomic mass is 28.4. The minimum Gasteiger partial charge on any atom is -0.405 e. The van der Waals surface area contributed by atoms with Crippen molar-refractivity contribution in [2.75, 3.05) is 6.61 Å². The Labute approximate surface area is 147 Å². The lowest BCUT2D eigenvalue weighted by atomic mass is 10.2. The van der Waals surface area contributed by atoms with Gasteiger partial charge in [-0.15, -0.1) is 0 Å². The molecule has 1 N–H and O–H groups in total. The molecule has 0 radical (unpaired) electrons. The Morgan fingerprint density at radius 3 is 1.75 bits per heavy atom. The first-order chi connectivity index (χ1) is 11.4. The van der Waals surface area contributed by atoms with Crippen molar-refractivity contribution in [3.8, 4) is 0 Å². The molecule has 0 fully saturated rings. The van der Waals surface area contributed by atoms with Crippen molar-refractivity contribution >= 4 is 18.7 Å². The molecular weight excluding hydrogens is 312 g/mol. The topological polar surface area (TPSA) is 29.5 Å². The molecular formula is C21H30O2Si. The number of benzene rings is 2. The summed E-state index contributed by atoms with van der Waals surface area (Å²) >= 11 is 0. The van der Waals surface area contributed by atoms with Crippen LogP contribution < -0.4 is 10.4 Å². The third kappa shape index (κ3) is 3.97. The maximum absolute atomic E-state index is 10.3. The Bertz CT molecular complexity index is 565. The van der Waals surface area contributed by atoms with E-state index in [2.05, 4.69) is 76.2 Å². The second-order valence-electron chi connectivity index (χ2n) is 7.42. The van der Waals surface area contributed by atoms with Crippen LogP contribution in [0.5, 0.6) is 0 Å². The molecule has 0 aliphatic rings. The van der Waals surface area contributed by atoms with E-state index in [0.717, 1.165) is 12.8 Å². The zero-order valence-corrected chi connectivity index (χ0v) is 16.3. The third-order valence-corrected chi connectivity index (χ3v) is 9.54. The molecule has 0 aliphatic heterocycles. The summed E-state index contributed by atoms with van der Waals surface area (Å²) in [6.07, 6.45) is 1.33. The van der Waals surface area contributed by atoms with Crippen molar-refractivity contribution in [1.29, 1.82) is 0 Å². The van der Waals surface area contributed by atoms with Gasteiger partial charge in [0.15, 0.2) is 0 Å². The largest absolute Gasteiger partial charge is 0.405 e. The van der Waals surface area contributed by atoms with Gasteiger partial charge in [-0.3, -0.25) is 0 Å². The molecule has 0 aromatic heterocycles. The summed E-state index contributed by atoms with van der Waals surface area (Å²) in [5.74, 6) is 0. The van der Waals surface area contributed by atoms with E-state index in [-0.39, 0.29) is 5.04 Å². The first-order valence-corrected chi connectivity index (χ1v) is 10.8. The monoisotopic (exact) mass is 342 g/mol. The molecule has 3 heteroatoms. The van der Waals surface area contributed by atoms with Crippen LogP contribution in [0.4, 0.5) is 0 Å². The van der Waals surface area contributed by atoms with Gasteiger partial charge in [-0.25, -0.2) is 0 Å². The molecule has 0 spiro atoms. The fraction of sp³-hybridized carbons (Fsp3) is 0.429. The van der Waals surface area contributed by atoms with Gasteiger partial charge in [0.05, 0.1) is 12.7 Å². The third-order valence-electron chi connectivity index (χ3n) is 4.53. The van der Waals surface area contributed by atoms with Crippen LogP contribution in [0.2, 0.25) is 5.04 Å². The van der Waals surface area contributed by atoms with Gasteiger partial charge < -0.3 is 9.53 Å². The summed E-state index contributed by atoms with van der Waals surface area (Å²) in [7, 11) is -2.50. The molecule has 0 amide bonds. The Hall–Kier alpha value is -1.42. The summed E-state index contributed by atoms with van der Waals surface area (Å²) in [5.41, 5.74) is 0. The molecule has 0 saturated heterocycles. The van der Waals surface area contributed by atoms with E-state index in [1.807, 2.05) is 12.1 Å². The van der Waals surface area contributed by atoms with Crippen molar-refractivity contribution in [2.24, 2.45) is 0 Å². The van der Waals surface area contributed by atoms with E-state index in [4.69, 9.17) is 4.43 Å². The van der Waals surface area contributed by atoms with E-state index in [1.54, 1.807) is 0 Å². The van der Waals surface area contributed by atoms with Crippen LogP contribution >= 0.6 is 0 Å². The van der Waals surface area contributed by atoms with Crippen molar-refractivity contribution in [3.05, 3.63) is 60.7 Å². The summed E-state index contributed by atoms with van der Waals surface area (Å²) in [6.45, 7) is 9.25. The minimum atomic E-state index is -2.50. The van der Waals surface area contributed by atoms with Crippen LogP contribution in [0.15, 0.2) is 60.7 Å². The predicted molar refractivity (Wildman–Crippen MR) is 104 cm³/mol. The lowest BCUT2D eigenvalue weighted by Gasteiger charge is -2.43. The average Bonchev–Trinajstić information content (AvgIpc) is 2.56. The van der Waals surface area contributed by atoms with E-state index >= 15 is 0 Å². The first-order valence-electron chi connectivity index (χ1n) is 8.85. The fourth-order valence-electron chi connectivity index (χ4n) is 3.40. The highest BCUT2D eigenvalue weighted by molar-refractivity contribution is 6.99. The van der Waals surface area contributed by atoms with Gasteiger partial charge in [0, 0.05) is 0 Å². The van der Waals surface area contributed by atoms with Gasteiger partial charge >= 0.3 is 0 Å². The fourth-order valence-corrected chi connectivity index (χ4v) is 8.00. The molecule has 24 heavy (non-hydrogen) atoms. The standard InChI is InChI=1S/C21H30O2Si/c1-5-12-18(22)17-23-24(21(2,3)4,19-13-8-6-9-14-19)20-15-10-7-11-16-20/h6-11,13-16,18,22H,5,12,17H2,1-4H3. The quantitative estimate of drug-likeness (QED) is 0.777. The Balaban J connectivity index is 2.53. The molecule has 0 bridgehead atoms. The van der Waals surface area contributed by atoms with Crippen LogP contribution in [0, 0.1) is 0 Å². The summed E-state index contributed by atoms with van der Waals surface area (Å²) < 4.78 is 6.67. The van der Waals surface area contributed by atoms with Crippen molar-refractivity contribution in [1.82, 2.24) is 0 Å². The first kappa shape index (κ1) is 18.9. The van der Waals surface area contributed by atoms with Crippen LogP contribution in [-0.4, -0.2) is 26.1 Å². The maximum atomic E-state index is 10.3. The smallest absolute Gasteiger partial charge is 0.261 e. The molecule has 130 valence electrons. The summed E-state index contributed by atoms with van der Waals surface area (Å²) in [6, 6.07) is 21.1. The van der Waals surface area contributed by atoms with Crippen LogP contribution in [0.1, 0.15) is 40.5 Å². The summed E-state index contributed by atoms with van der Waals surface area (Å²) in [4.78, 5) is 0. The lowest BCUT2D eigenvalue weighted by Crippen LogP contribution is -2.67. The van der Waals surface area contributed by atoms with Crippen LogP contribution in [-0.2, 0) is 4.43 Å². The van der Waals surface area contributed by atoms with Crippen molar-refractivity contribution in [2.45, 2.75) is 51.7 Å². The molecule has 2 aromatic rings. The number of hydrogen-bond acceptors (Lipinski definition) is 2. The number of rotatable bonds is 7. The van der Waals surface area contributed by atoms with Crippen LogP contribution in [0.3, 0.4) is 0 Å². The Morgan fingerprint density at radius 2 is 1.38 bits per heavy atom. The van der Waals surface area contributed by atoms with Gasteiger partial charge in [0.25, 0.3) is 8.32 Å². The van der Waals surface area contributed by atoms with Gasteiger partial charge in [-0.05, 0) is 21.8 Å². The normalized spacial score (nSPS) is 13.7. The van der Waals surface area contributed by atoms with E-state index in [1.165, 1.54) is 10.4 Å². The number of aliphatic hydroxyl groups excluding tert-OH is 1. The van der Waals surface area contributed by atoms with Gasteiger partial charge in [-0.2, -0.15) is 0 Å². The molecule has 0 aliphatic carbocycles. The van der Waals surface area contributed by atoms with Gasteiger partial charge in [0.1, 0.15) is 0 Å². The second-order valence-corrected chi connectivity index (χ2v) is 11.7. The minimum absolute atomic E-state index is 0.0400. The molecule has 0 saturated carbocycles. The highest BCUT2D eigenvalue weighted by Crippen LogP contribution is 2.36. The predicted octanol–water partition coefficient (Wildman–Crippen LogP) is 3.72. The molecule has 2 nitrogen and oxygen atoms in total. The zero-order valence-electron chi connectivity index (χ0n) is 15.3. The van der Waals surface area contributed by atoms with E-state index in [0.29, 0.717) is 6.61 Å². The molecule has 1 unspecified atom stereocenters. The molecule has 2 rings (SSSR count). The highest BCUT2D eigenvalue weighted by Gasteiger charge is 2.50. The van der Waals surface area contributed by atoms with Crippen molar-refractivity contribution < 1.29 is 9.53 Å². The molecule has 2 aromatic carbocycles. The van der Waals surface area contributed by atoms with E-state index < -0.39 is 14.4 Å². The lowest BCUT2D eigenvalue weighted by molar-refractivity contribution is 0.0945. The molecule has 1 atom stereocenters. The van der Waals surface area contributed by atoms with Gasteiger partial charge in [-0.1, -0.05) is 94.8 Å². The maximum Gasteiger partial charge on any atom is 0.261 e. The number of aliphatic hydroxyl groups is 1. The van der Waals surface area contributed by atoms with Gasteiger partial charge in [0.2, 0.25) is 0 Å².